The number of carbonyl (C=O) groups is 1. The van der Waals surface area contributed by atoms with Crippen LogP contribution in [0, 0.1) is 0 Å². The second-order valence-electron chi connectivity index (χ2n) is 4.50. The van der Waals surface area contributed by atoms with Gasteiger partial charge in [0, 0.05) is 12.6 Å². The van der Waals surface area contributed by atoms with Crippen molar-refractivity contribution in [3.05, 3.63) is 0 Å². The minimum absolute atomic E-state index is 0.0769. The van der Waals surface area contributed by atoms with Crippen molar-refractivity contribution in [2.75, 3.05) is 12.3 Å². The summed E-state index contributed by atoms with van der Waals surface area (Å²) in [4.78, 5) is 11.7. The molecule has 3 unspecified atom stereocenters. The second-order valence-corrected chi connectivity index (χ2v) is 6.80. The lowest BCUT2D eigenvalue weighted by molar-refractivity contribution is -0.121. The first-order chi connectivity index (χ1) is 7.84. The molecule has 0 aliphatic carbocycles. The van der Waals surface area contributed by atoms with Crippen molar-refractivity contribution in [1.29, 1.82) is 0 Å². The Balaban J connectivity index is 2.52. The molecular weight excluding hydrogens is 244 g/mol. The number of aliphatic hydroxyl groups excluding tert-OH is 1. The molecule has 1 aliphatic rings. The maximum absolute atomic E-state index is 11.7. The standard InChI is InChI=1S/C10H20N2O4S/c1-7(13)8(11)6-12-10(14)9-4-2-3-5-17(9,15)16/h7-9,13H,2-6,11H2,1H3,(H,12,14). The molecule has 4 N–H and O–H groups in total. The van der Waals surface area contributed by atoms with Crippen LogP contribution in [0.15, 0.2) is 0 Å². The maximum Gasteiger partial charge on any atom is 0.238 e. The molecule has 100 valence electrons. The van der Waals surface area contributed by atoms with Crippen LogP contribution in [0.25, 0.3) is 0 Å². The molecule has 0 aromatic heterocycles. The van der Waals surface area contributed by atoms with Gasteiger partial charge in [0.2, 0.25) is 5.91 Å². The number of hydrogen-bond acceptors (Lipinski definition) is 5. The summed E-state index contributed by atoms with van der Waals surface area (Å²) >= 11 is 0. The van der Waals surface area contributed by atoms with E-state index in [1.54, 1.807) is 0 Å². The first kappa shape index (κ1) is 14.4. The van der Waals surface area contributed by atoms with E-state index in [1.807, 2.05) is 0 Å². The van der Waals surface area contributed by atoms with Gasteiger partial charge in [-0.25, -0.2) is 8.42 Å². The average Bonchev–Trinajstić information content (AvgIpc) is 2.24. The van der Waals surface area contributed by atoms with Crippen molar-refractivity contribution >= 4 is 15.7 Å². The third-order valence-corrected chi connectivity index (χ3v) is 5.18. The number of amides is 1. The highest BCUT2D eigenvalue weighted by Crippen LogP contribution is 2.19. The van der Waals surface area contributed by atoms with E-state index in [2.05, 4.69) is 5.32 Å². The van der Waals surface area contributed by atoms with Crippen LogP contribution in [0.1, 0.15) is 26.2 Å². The molecule has 0 aromatic carbocycles. The van der Waals surface area contributed by atoms with Gasteiger partial charge >= 0.3 is 0 Å². The van der Waals surface area contributed by atoms with E-state index in [-0.39, 0.29) is 12.3 Å². The van der Waals surface area contributed by atoms with Gasteiger partial charge in [-0.05, 0) is 19.8 Å². The summed E-state index contributed by atoms with van der Waals surface area (Å²) in [5.74, 6) is -0.422. The van der Waals surface area contributed by atoms with Gasteiger partial charge in [-0.1, -0.05) is 6.42 Å². The molecule has 1 aliphatic heterocycles. The van der Waals surface area contributed by atoms with E-state index >= 15 is 0 Å². The lowest BCUT2D eigenvalue weighted by Gasteiger charge is -2.22. The fraction of sp³-hybridized carbons (Fsp3) is 0.900. The summed E-state index contributed by atoms with van der Waals surface area (Å²) in [5, 5.41) is 10.7. The molecule has 17 heavy (non-hydrogen) atoms. The third-order valence-electron chi connectivity index (χ3n) is 3.00. The van der Waals surface area contributed by atoms with E-state index < -0.39 is 33.1 Å². The minimum atomic E-state index is -3.31. The van der Waals surface area contributed by atoms with Crippen molar-refractivity contribution in [3.8, 4) is 0 Å². The van der Waals surface area contributed by atoms with Crippen molar-refractivity contribution in [1.82, 2.24) is 5.32 Å². The summed E-state index contributed by atoms with van der Waals surface area (Å²) in [7, 11) is -3.31. The summed E-state index contributed by atoms with van der Waals surface area (Å²) in [6, 6.07) is -0.578. The Labute approximate surface area is 101 Å². The monoisotopic (exact) mass is 264 g/mol. The predicted molar refractivity (Wildman–Crippen MR) is 64.1 cm³/mol. The molecule has 0 radical (unpaired) electrons. The highest BCUT2D eigenvalue weighted by atomic mass is 32.2. The topological polar surface area (TPSA) is 109 Å². The molecule has 1 fully saturated rings. The zero-order valence-electron chi connectivity index (χ0n) is 9.93. The zero-order valence-corrected chi connectivity index (χ0v) is 10.7. The molecular formula is C10H20N2O4S. The molecule has 7 heteroatoms. The van der Waals surface area contributed by atoms with Crippen LogP contribution < -0.4 is 11.1 Å². The Morgan fingerprint density at radius 2 is 2.18 bits per heavy atom. The van der Waals surface area contributed by atoms with Gasteiger partial charge in [0.1, 0.15) is 5.25 Å². The van der Waals surface area contributed by atoms with Crippen LogP contribution in [0.4, 0.5) is 0 Å². The zero-order chi connectivity index (χ0) is 13.1. The number of sulfone groups is 1. The molecule has 0 aromatic rings. The normalized spacial score (nSPS) is 27.1. The Morgan fingerprint density at radius 1 is 1.53 bits per heavy atom. The average molecular weight is 264 g/mol. The summed E-state index contributed by atoms with van der Waals surface area (Å²) in [6.45, 7) is 1.61. The minimum Gasteiger partial charge on any atom is -0.392 e. The number of hydrogen-bond donors (Lipinski definition) is 3. The van der Waals surface area contributed by atoms with Crippen molar-refractivity contribution in [2.24, 2.45) is 5.73 Å². The van der Waals surface area contributed by atoms with Crippen molar-refractivity contribution < 1.29 is 18.3 Å². The van der Waals surface area contributed by atoms with Crippen LogP contribution in [0.2, 0.25) is 0 Å². The summed E-state index contributed by atoms with van der Waals surface area (Å²) in [5.41, 5.74) is 5.55. The van der Waals surface area contributed by atoms with Gasteiger partial charge in [0.15, 0.2) is 9.84 Å². The number of nitrogens with two attached hydrogens (primary N) is 1. The van der Waals surface area contributed by atoms with Crippen LogP contribution in [-0.2, 0) is 14.6 Å². The molecule has 1 heterocycles. The van der Waals surface area contributed by atoms with Crippen LogP contribution in [0.5, 0.6) is 0 Å². The van der Waals surface area contributed by atoms with Crippen LogP contribution in [0.3, 0.4) is 0 Å². The Kier molecular flexibility index (Phi) is 4.91. The van der Waals surface area contributed by atoms with E-state index in [0.29, 0.717) is 12.8 Å². The highest BCUT2D eigenvalue weighted by molar-refractivity contribution is 7.92. The molecule has 3 atom stereocenters. The number of nitrogens with one attached hydrogen (secondary N) is 1. The molecule has 1 rings (SSSR count). The van der Waals surface area contributed by atoms with E-state index in [4.69, 9.17) is 10.8 Å². The Bertz CT molecular complexity index is 367. The number of carbonyl (C=O) groups excluding carboxylic acids is 1. The van der Waals surface area contributed by atoms with Gasteiger partial charge in [-0.3, -0.25) is 4.79 Å². The second kappa shape index (κ2) is 5.79. The predicted octanol–water partition coefficient (Wildman–Crippen LogP) is -1.22. The van der Waals surface area contributed by atoms with Crippen LogP contribution in [-0.4, -0.2) is 49.1 Å². The SMILES string of the molecule is CC(O)C(N)CNC(=O)C1CCCCS1(=O)=O. The van der Waals surface area contributed by atoms with Gasteiger partial charge in [0.05, 0.1) is 11.9 Å². The number of rotatable bonds is 4. The van der Waals surface area contributed by atoms with Gasteiger partial charge in [-0.15, -0.1) is 0 Å². The van der Waals surface area contributed by atoms with Crippen LogP contribution >= 0.6 is 0 Å². The molecule has 1 saturated heterocycles. The fourth-order valence-corrected chi connectivity index (χ4v) is 3.58. The van der Waals surface area contributed by atoms with Gasteiger partial charge in [-0.2, -0.15) is 0 Å². The molecule has 0 spiro atoms. The first-order valence-corrected chi connectivity index (χ1v) is 7.49. The van der Waals surface area contributed by atoms with E-state index in [9.17, 15) is 13.2 Å². The highest BCUT2D eigenvalue weighted by Gasteiger charge is 2.34. The largest absolute Gasteiger partial charge is 0.392 e. The fourth-order valence-electron chi connectivity index (χ4n) is 1.75. The van der Waals surface area contributed by atoms with Crippen molar-refractivity contribution in [3.63, 3.8) is 0 Å². The first-order valence-electron chi connectivity index (χ1n) is 5.77. The molecule has 0 bridgehead atoms. The smallest absolute Gasteiger partial charge is 0.238 e. The van der Waals surface area contributed by atoms with Gasteiger partial charge < -0.3 is 16.2 Å². The molecule has 6 nitrogen and oxygen atoms in total. The lowest BCUT2D eigenvalue weighted by Crippen LogP contribution is -2.49. The quantitative estimate of drug-likeness (QED) is 0.589. The lowest BCUT2D eigenvalue weighted by atomic mass is 10.1. The van der Waals surface area contributed by atoms with E-state index in [1.165, 1.54) is 6.92 Å². The summed E-state index contributed by atoms with van der Waals surface area (Å²) in [6.07, 6.45) is 1.01. The van der Waals surface area contributed by atoms with Crippen molar-refractivity contribution in [2.45, 2.75) is 43.6 Å². The molecule has 1 amide bonds. The van der Waals surface area contributed by atoms with E-state index in [0.717, 1.165) is 6.42 Å². The van der Waals surface area contributed by atoms with Gasteiger partial charge in [0.25, 0.3) is 0 Å². The Morgan fingerprint density at radius 3 is 2.71 bits per heavy atom. The Hall–Kier alpha value is -0.660. The number of aliphatic hydroxyl groups is 1. The third kappa shape index (κ3) is 3.93. The maximum atomic E-state index is 11.7. The summed E-state index contributed by atoms with van der Waals surface area (Å²) < 4.78 is 23.3. The molecule has 0 saturated carbocycles.